The largest absolute Gasteiger partial charge is 0.383 e. The fourth-order valence-corrected chi connectivity index (χ4v) is 4.02. The number of fused-ring (bicyclic) bond motifs is 1. The second kappa shape index (κ2) is 8.09. The molecule has 1 aromatic carbocycles. The van der Waals surface area contributed by atoms with Crippen molar-refractivity contribution in [1.82, 2.24) is 14.1 Å². The molecule has 2 N–H and O–H groups in total. The van der Waals surface area contributed by atoms with Gasteiger partial charge in [0.1, 0.15) is 11.3 Å². The fraction of sp³-hybridized carbons (Fsp3) is 0.263. The molecule has 3 rings (SSSR count). The lowest BCUT2D eigenvalue weighted by Gasteiger charge is -2.13. The standard InChI is InChI=1S/C19H22N4O4S/c1-13(12-27-3)22-28(25,26)16-9-7-15(8-10-16)20-19(24)17-11-23-14(2)5-4-6-18(23)21-17/h4-11,13,22H,12H2,1-3H3,(H,20,24). The number of imidazole rings is 1. The number of nitrogens with zero attached hydrogens (tertiary/aromatic N) is 2. The molecule has 0 bridgehead atoms. The number of aryl methyl sites for hydroxylation is 1. The Morgan fingerprint density at radius 3 is 2.57 bits per heavy atom. The van der Waals surface area contributed by atoms with Crippen molar-refractivity contribution < 1.29 is 17.9 Å². The summed E-state index contributed by atoms with van der Waals surface area (Å²) in [5, 5.41) is 2.73. The Morgan fingerprint density at radius 1 is 1.21 bits per heavy atom. The maximum Gasteiger partial charge on any atom is 0.275 e. The van der Waals surface area contributed by atoms with Crippen molar-refractivity contribution in [1.29, 1.82) is 0 Å². The van der Waals surface area contributed by atoms with Crippen molar-refractivity contribution in [3.05, 3.63) is 60.0 Å². The van der Waals surface area contributed by atoms with Gasteiger partial charge >= 0.3 is 0 Å². The van der Waals surface area contributed by atoms with Crippen LogP contribution in [0.5, 0.6) is 0 Å². The minimum atomic E-state index is -3.66. The van der Waals surface area contributed by atoms with Crippen LogP contribution in [-0.4, -0.2) is 43.5 Å². The highest BCUT2D eigenvalue weighted by Crippen LogP contribution is 2.16. The molecule has 148 valence electrons. The number of methoxy groups -OCH3 is 1. The van der Waals surface area contributed by atoms with E-state index in [1.165, 1.54) is 31.4 Å². The first-order valence-corrected chi connectivity index (χ1v) is 10.2. The molecule has 0 radical (unpaired) electrons. The Labute approximate surface area is 163 Å². The van der Waals surface area contributed by atoms with E-state index in [-0.39, 0.29) is 29.1 Å². The van der Waals surface area contributed by atoms with Crippen molar-refractivity contribution >= 4 is 27.3 Å². The number of pyridine rings is 1. The lowest BCUT2D eigenvalue weighted by molar-refractivity contribution is 0.102. The number of anilines is 1. The number of ether oxygens (including phenoxy) is 1. The molecule has 2 heterocycles. The van der Waals surface area contributed by atoms with Crippen LogP contribution in [0.2, 0.25) is 0 Å². The molecule has 3 aromatic rings. The molecular weight excluding hydrogens is 380 g/mol. The highest BCUT2D eigenvalue weighted by Gasteiger charge is 2.18. The SMILES string of the molecule is COCC(C)NS(=O)(=O)c1ccc(NC(=O)c2cn3c(C)cccc3n2)cc1. The predicted molar refractivity (Wildman–Crippen MR) is 106 cm³/mol. The van der Waals surface area contributed by atoms with Crippen LogP contribution in [0.15, 0.2) is 53.6 Å². The Hall–Kier alpha value is -2.75. The summed E-state index contributed by atoms with van der Waals surface area (Å²) in [5.41, 5.74) is 2.40. The molecule has 1 atom stereocenters. The van der Waals surface area contributed by atoms with Crippen LogP contribution in [0, 0.1) is 6.92 Å². The number of amides is 1. The van der Waals surface area contributed by atoms with E-state index >= 15 is 0 Å². The van der Waals surface area contributed by atoms with E-state index in [0.29, 0.717) is 11.3 Å². The van der Waals surface area contributed by atoms with E-state index in [1.807, 2.05) is 29.5 Å². The summed E-state index contributed by atoms with van der Waals surface area (Å²) in [7, 11) is -2.15. The van der Waals surface area contributed by atoms with Gasteiger partial charge in [-0.15, -0.1) is 0 Å². The second-order valence-electron chi connectivity index (χ2n) is 6.48. The van der Waals surface area contributed by atoms with Gasteiger partial charge in [0.2, 0.25) is 10.0 Å². The number of hydrogen-bond donors (Lipinski definition) is 2. The first kappa shape index (κ1) is 20.0. The van der Waals surface area contributed by atoms with Gasteiger partial charge in [-0.2, -0.15) is 0 Å². The van der Waals surface area contributed by atoms with Crippen molar-refractivity contribution in [3.63, 3.8) is 0 Å². The maximum absolute atomic E-state index is 12.5. The molecule has 9 heteroatoms. The van der Waals surface area contributed by atoms with Gasteiger partial charge < -0.3 is 14.5 Å². The van der Waals surface area contributed by atoms with Gasteiger partial charge in [0.05, 0.1) is 11.5 Å². The Balaban J connectivity index is 1.73. The monoisotopic (exact) mass is 402 g/mol. The summed E-state index contributed by atoms with van der Waals surface area (Å²) in [6.07, 6.45) is 1.67. The number of aromatic nitrogens is 2. The topological polar surface area (TPSA) is 102 Å². The highest BCUT2D eigenvalue weighted by atomic mass is 32.2. The summed E-state index contributed by atoms with van der Waals surface area (Å²) < 4.78 is 34.0. The van der Waals surface area contributed by atoms with Crippen molar-refractivity contribution in [3.8, 4) is 0 Å². The molecule has 0 fully saturated rings. The number of benzene rings is 1. The first-order valence-electron chi connectivity index (χ1n) is 8.67. The third-order valence-corrected chi connectivity index (χ3v) is 5.73. The minimum Gasteiger partial charge on any atom is -0.383 e. The average Bonchev–Trinajstić information content (AvgIpc) is 3.08. The van der Waals surface area contributed by atoms with Crippen molar-refractivity contribution in [2.45, 2.75) is 24.8 Å². The molecule has 2 aromatic heterocycles. The van der Waals surface area contributed by atoms with E-state index in [2.05, 4.69) is 15.0 Å². The number of nitrogens with one attached hydrogen (secondary N) is 2. The number of rotatable bonds is 7. The zero-order valence-corrected chi connectivity index (χ0v) is 16.7. The minimum absolute atomic E-state index is 0.108. The van der Waals surface area contributed by atoms with E-state index < -0.39 is 10.0 Å². The van der Waals surface area contributed by atoms with Crippen LogP contribution in [0.25, 0.3) is 5.65 Å². The molecule has 0 aliphatic heterocycles. The van der Waals surface area contributed by atoms with E-state index in [1.54, 1.807) is 13.1 Å². The van der Waals surface area contributed by atoms with Gasteiger partial charge in [0.25, 0.3) is 5.91 Å². The normalized spacial score (nSPS) is 12.8. The van der Waals surface area contributed by atoms with Crippen LogP contribution in [0.3, 0.4) is 0 Å². The van der Waals surface area contributed by atoms with Gasteiger partial charge in [-0.05, 0) is 50.2 Å². The zero-order valence-electron chi connectivity index (χ0n) is 15.8. The van der Waals surface area contributed by atoms with Crippen LogP contribution in [0.1, 0.15) is 23.1 Å². The molecule has 0 saturated carbocycles. The van der Waals surface area contributed by atoms with Crippen LogP contribution in [0.4, 0.5) is 5.69 Å². The van der Waals surface area contributed by atoms with Gasteiger partial charge in [-0.1, -0.05) is 6.07 Å². The summed E-state index contributed by atoms with van der Waals surface area (Å²) in [5.74, 6) is -0.370. The molecule has 0 saturated heterocycles. The summed E-state index contributed by atoms with van der Waals surface area (Å²) in [6, 6.07) is 11.2. The molecule has 0 aliphatic carbocycles. The van der Waals surface area contributed by atoms with Gasteiger partial charge in [0, 0.05) is 30.7 Å². The summed E-state index contributed by atoms with van der Waals surface area (Å²) in [6.45, 7) is 3.91. The van der Waals surface area contributed by atoms with E-state index in [0.717, 1.165) is 5.69 Å². The summed E-state index contributed by atoms with van der Waals surface area (Å²) in [4.78, 5) is 16.9. The molecule has 8 nitrogen and oxygen atoms in total. The molecule has 1 unspecified atom stereocenters. The third kappa shape index (κ3) is 4.38. The summed E-state index contributed by atoms with van der Waals surface area (Å²) >= 11 is 0. The van der Waals surface area contributed by atoms with Gasteiger partial charge in [0.15, 0.2) is 0 Å². The Morgan fingerprint density at radius 2 is 1.93 bits per heavy atom. The lowest BCUT2D eigenvalue weighted by atomic mass is 10.3. The Bertz CT molecular complexity index is 1090. The van der Waals surface area contributed by atoms with Crippen molar-refractivity contribution in [2.75, 3.05) is 19.0 Å². The van der Waals surface area contributed by atoms with E-state index in [9.17, 15) is 13.2 Å². The smallest absolute Gasteiger partial charge is 0.275 e. The predicted octanol–water partition coefficient (Wildman–Crippen LogP) is 2.21. The highest BCUT2D eigenvalue weighted by molar-refractivity contribution is 7.89. The maximum atomic E-state index is 12.5. The van der Waals surface area contributed by atoms with Crippen LogP contribution in [-0.2, 0) is 14.8 Å². The van der Waals surface area contributed by atoms with Crippen molar-refractivity contribution in [2.24, 2.45) is 0 Å². The molecular formula is C19H22N4O4S. The Kier molecular flexibility index (Phi) is 5.78. The molecule has 0 aliphatic rings. The lowest BCUT2D eigenvalue weighted by Crippen LogP contribution is -2.35. The quantitative estimate of drug-likeness (QED) is 0.631. The van der Waals surface area contributed by atoms with Gasteiger partial charge in [-0.25, -0.2) is 18.1 Å². The number of carbonyl (C=O) groups is 1. The zero-order chi connectivity index (χ0) is 20.3. The molecule has 1 amide bonds. The van der Waals surface area contributed by atoms with Gasteiger partial charge in [-0.3, -0.25) is 4.79 Å². The third-order valence-electron chi connectivity index (χ3n) is 4.12. The number of carbonyl (C=O) groups excluding carboxylic acids is 1. The molecule has 28 heavy (non-hydrogen) atoms. The fourth-order valence-electron chi connectivity index (χ4n) is 2.79. The van der Waals surface area contributed by atoms with Crippen LogP contribution < -0.4 is 10.0 Å². The van der Waals surface area contributed by atoms with Crippen LogP contribution >= 0.6 is 0 Å². The number of hydrogen-bond acceptors (Lipinski definition) is 5. The molecule has 0 spiro atoms. The van der Waals surface area contributed by atoms with E-state index in [4.69, 9.17) is 4.74 Å². The second-order valence-corrected chi connectivity index (χ2v) is 8.19. The average molecular weight is 402 g/mol. The number of sulfonamides is 1. The first-order chi connectivity index (χ1) is 13.3.